The Kier molecular flexibility index (Phi) is 6.49. The molecule has 0 radical (unpaired) electrons. The first kappa shape index (κ1) is 12.4. The highest BCUT2D eigenvalue weighted by Crippen LogP contribution is 1.97. The standard InChI is InChI=1S/C9H18N2OS/c1-7(2)5-6-11-9(12)4-3-8(10)13/h7H,3-6H2,1-2H3,(H2,10,13)(H,11,12). The van der Waals surface area contributed by atoms with Crippen LogP contribution >= 0.6 is 12.2 Å². The smallest absolute Gasteiger partial charge is 0.220 e. The molecule has 1 amide bonds. The Hall–Kier alpha value is -0.640. The fraction of sp³-hybridized carbons (Fsp3) is 0.778. The van der Waals surface area contributed by atoms with Gasteiger partial charge in [0, 0.05) is 19.4 Å². The van der Waals surface area contributed by atoms with Crippen LogP contribution in [0.3, 0.4) is 0 Å². The van der Waals surface area contributed by atoms with Gasteiger partial charge in [0.05, 0.1) is 4.99 Å². The average molecular weight is 202 g/mol. The zero-order valence-corrected chi connectivity index (χ0v) is 9.12. The first-order valence-electron chi connectivity index (χ1n) is 4.57. The Labute approximate surface area is 85.1 Å². The molecule has 3 nitrogen and oxygen atoms in total. The fourth-order valence-corrected chi connectivity index (χ4v) is 0.927. The Morgan fingerprint density at radius 3 is 2.54 bits per heavy atom. The average Bonchev–Trinajstić information content (AvgIpc) is 2.00. The van der Waals surface area contributed by atoms with Gasteiger partial charge in [-0.05, 0) is 12.3 Å². The molecular weight excluding hydrogens is 184 g/mol. The molecule has 0 saturated heterocycles. The van der Waals surface area contributed by atoms with Gasteiger partial charge in [-0.1, -0.05) is 26.1 Å². The van der Waals surface area contributed by atoms with Crippen LogP contribution in [-0.4, -0.2) is 17.4 Å². The summed E-state index contributed by atoms with van der Waals surface area (Å²) in [5.74, 6) is 0.657. The maximum Gasteiger partial charge on any atom is 0.220 e. The Balaban J connectivity index is 3.36. The van der Waals surface area contributed by atoms with Crippen LogP contribution in [0.15, 0.2) is 0 Å². The summed E-state index contributed by atoms with van der Waals surface area (Å²) in [5.41, 5.74) is 5.27. The molecule has 0 unspecified atom stereocenters. The van der Waals surface area contributed by atoms with E-state index in [9.17, 15) is 4.79 Å². The number of rotatable bonds is 6. The highest BCUT2D eigenvalue weighted by atomic mass is 32.1. The van der Waals surface area contributed by atoms with E-state index in [1.54, 1.807) is 0 Å². The zero-order valence-electron chi connectivity index (χ0n) is 8.30. The topological polar surface area (TPSA) is 55.1 Å². The minimum Gasteiger partial charge on any atom is -0.393 e. The van der Waals surface area contributed by atoms with Crippen LogP contribution in [0.4, 0.5) is 0 Å². The number of nitrogens with one attached hydrogen (secondary N) is 1. The predicted octanol–water partition coefficient (Wildman–Crippen LogP) is 1.22. The van der Waals surface area contributed by atoms with E-state index < -0.39 is 0 Å². The molecule has 0 atom stereocenters. The van der Waals surface area contributed by atoms with Crippen molar-refractivity contribution in [2.45, 2.75) is 33.1 Å². The van der Waals surface area contributed by atoms with Crippen LogP contribution in [0.2, 0.25) is 0 Å². The minimum atomic E-state index is 0.0356. The number of amides is 1. The number of carbonyl (C=O) groups excluding carboxylic acids is 1. The molecule has 4 heteroatoms. The van der Waals surface area contributed by atoms with Gasteiger partial charge < -0.3 is 11.1 Å². The van der Waals surface area contributed by atoms with Crippen LogP contribution in [-0.2, 0) is 4.79 Å². The third kappa shape index (κ3) is 9.27. The lowest BCUT2D eigenvalue weighted by molar-refractivity contribution is -0.120. The summed E-state index contributed by atoms with van der Waals surface area (Å²) < 4.78 is 0. The molecule has 0 aromatic carbocycles. The maximum atomic E-state index is 11.1. The van der Waals surface area contributed by atoms with E-state index >= 15 is 0 Å². The van der Waals surface area contributed by atoms with Crippen LogP contribution in [0, 0.1) is 5.92 Å². The maximum absolute atomic E-state index is 11.1. The fourth-order valence-electron chi connectivity index (χ4n) is 0.825. The van der Waals surface area contributed by atoms with Gasteiger partial charge in [-0.2, -0.15) is 0 Å². The molecule has 0 aliphatic carbocycles. The molecule has 3 N–H and O–H groups in total. The van der Waals surface area contributed by atoms with Crippen molar-refractivity contribution in [1.29, 1.82) is 0 Å². The van der Waals surface area contributed by atoms with Crippen molar-refractivity contribution in [2.24, 2.45) is 11.7 Å². The summed E-state index contributed by atoms with van der Waals surface area (Å²) in [5, 5.41) is 2.82. The molecule has 0 aliphatic rings. The van der Waals surface area contributed by atoms with Gasteiger partial charge in [0.2, 0.25) is 5.91 Å². The lowest BCUT2D eigenvalue weighted by Crippen LogP contribution is -2.26. The third-order valence-corrected chi connectivity index (χ3v) is 1.85. The molecule has 0 heterocycles. The Morgan fingerprint density at radius 2 is 2.08 bits per heavy atom. The summed E-state index contributed by atoms with van der Waals surface area (Å²) in [4.78, 5) is 11.5. The Morgan fingerprint density at radius 1 is 1.46 bits per heavy atom. The van der Waals surface area contributed by atoms with Gasteiger partial charge in [0.25, 0.3) is 0 Å². The molecule has 0 saturated carbocycles. The lowest BCUT2D eigenvalue weighted by Gasteiger charge is -2.06. The monoisotopic (exact) mass is 202 g/mol. The van der Waals surface area contributed by atoms with Crippen molar-refractivity contribution in [3.63, 3.8) is 0 Å². The van der Waals surface area contributed by atoms with E-state index in [0.717, 1.165) is 13.0 Å². The molecule has 0 spiro atoms. The summed E-state index contributed by atoms with van der Waals surface area (Å²) in [6.45, 7) is 5.00. The van der Waals surface area contributed by atoms with Gasteiger partial charge in [0.15, 0.2) is 0 Å². The second-order valence-corrected chi connectivity index (χ2v) is 4.02. The summed E-state index contributed by atoms with van der Waals surface area (Å²) in [6, 6.07) is 0. The number of thiocarbonyl (C=S) groups is 1. The van der Waals surface area contributed by atoms with Crippen molar-refractivity contribution >= 4 is 23.1 Å². The molecule has 0 aliphatic heterocycles. The first-order chi connectivity index (χ1) is 6.02. The number of hydrogen-bond donors (Lipinski definition) is 2. The van der Waals surface area contributed by atoms with Crippen LogP contribution in [0.25, 0.3) is 0 Å². The SMILES string of the molecule is CC(C)CCNC(=O)CCC(N)=S. The number of carbonyl (C=O) groups is 1. The van der Waals surface area contributed by atoms with Crippen LogP contribution in [0.1, 0.15) is 33.1 Å². The normalized spacial score (nSPS) is 10.1. The van der Waals surface area contributed by atoms with Gasteiger partial charge in [0.1, 0.15) is 0 Å². The quantitative estimate of drug-likeness (QED) is 0.637. The van der Waals surface area contributed by atoms with Gasteiger partial charge >= 0.3 is 0 Å². The summed E-state index contributed by atoms with van der Waals surface area (Å²) >= 11 is 4.67. The molecule has 76 valence electrons. The molecule has 13 heavy (non-hydrogen) atoms. The summed E-state index contributed by atoms with van der Waals surface area (Å²) in [6.07, 6.45) is 1.93. The summed E-state index contributed by atoms with van der Waals surface area (Å²) in [7, 11) is 0. The van der Waals surface area contributed by atoms with E-state index in [2.05, 4.69) is 31.4 Å². The van der Waals surface area contributed by atoms with Crippen LogP contribution < -0.4 is 11.1 Å². The molecule has 0 rings (SSSR count). The van der Waals surface area contributed by atoms with E-state index in [0.29, 0.717) is 23.7 Å². The molecular formula is C9H18N2OS. The largest absolute Gasteiger partial charge is 0.393 e. The van der Waals surface area contributed by atoms with Crippen molar-refractivity contribution in [1.82, 2.24) is 5.32 Å². The molecule has 0 bridgehead atoms. The third-order valence-electron chi connectivity index (χ3n) is 1.64. The second kappa shape index (κ2) is 6.83. The van der Waals surface area contributed by atoms with E-state index in [1.807, 2.05) is 0 Å². The first-order valence-corrected chi connectivity index (χ1v) is 4.98. The molecule has 0 aromatic heterocycles. The molecule has 0 aromatic rings. The predicted molar refractivity (Wildman–Crippen MR) is 58.5 cm³/mol. The van der Waals surface area contributed by atoms with Crippen molar-refractivity contribution in [3.05, 3.63) is 0 Å². The number of hydrogen-bond acceptors (Lipinski definition) is 2. The number of nitrogens with two attached hydrogens (primary N) is 1. The van der Waals surface area contributed by atoms with Gasteiger partial charge in [-0.3, -0.25) is 4.79 Å². The molecule has 0 fully saturated rings. The second-order valence-electron chi connectivity index (χ2n) is 3.50. The zero-order chi connectivity index (χ0) is 10.3. The highest BCUT2D eigenvalue weighted by molar-refractivity contribution is 7.80. The van der Waals surface area contributed by atoms with Gasteiger partial charge in [-0.25, -0.2) is 0 Å². The van der Waals surface area contributed by atoms with E-state index in [4.69, 9.17) is 5.73 Å². The van der Waals surface area contributed by atoms with Crippen LogP contribution in [0.5, 0.6) is 0 Å². The Bertz CT molecular complexity index is 180. The van der Waals surface area contributed by atoms with Gasteiger partial charge in [-0.15, -0.1) is 0 Å². The van der Waals surface area contributed by atoms with Crippen molar-refractivity contribution in [2.75, 3.05) is 6.54 Å². The van der Waals surface area contributed by atoms with Crippen molar-refractivity contribution < 1.29 is 4.79 Å². The minimum absolute atomic E-state index is 0.0356. The van der Waals surface area contributed by atoms with E-state index in [1.165, 1.54) is 0 Å². The van der Waals surface area contributed by atoms with Crippen molar-refractivity contribution in [3.8, 4) is 0 Å². The van der Waals surface area contributed by atoms with E-state index in [-0.39, 0.29) is 5.91 Å². The highest BCUT2D eigenvalue weighted by Gasteiger charge is 2.01. The lowest BCUT2D eigenvalue weighted by atomic mass is 10.1.